The third-order valence-corrected chi connectivity index (χ3v) is 9.19. The van der Waals surface area contributed by atoms with E-state index in [2.05, 4.69) is 27.7 Å². The Morgan fingerprint density at radius 3 is 1.33 bits per heavy atom. The van der Waals surface area contributed by atoms with Gasteiger partial charge in [0.05, 0.1) is 12.2 Å². The Kier molecular flexibility index (Phi) is 9.64. The molecule has 0 aromatic heterocycles. The van der Waals surface area contributed by atoms with E-state index >= 15 is 0 Å². The lowest BCUT2D eigenvalue weighted by Gasteiger charge is -2.36. The minimum Gasteiger partial charge on any atom is -0.344 e. The molecule has 1 saturated heterocycles. The van der Waals surface area contributed by atoms with Crippen LogP contribution < -0.4 is 0 Å². The summed E-state index contributed by atoms with van der Waals surface area (Å²) in [5.41, 5.74) is 1.86. The minimum absolute atomic E-state index is 0.117. The van der Waals surface area contributed by atoms with Crippen LogP contribution in [0.4, 0.5) is 0 Å². The highest BCUT2D eigenvalue weighted by Gasteiger charge is 2.43. The van der Waals surface area contributed by atoms with Gasteiger partial charge in [-0.25, -0.2) is 0 Å². The van der Waals surface area contributed by atoms with Crippen molar-refractivity contribution in [1.29, 1.82) is 0 Å². The molecule has 0 amide bonds. The van der Waals surface area contributed by atoms with Crippen LogP contribution in [0.1, 0.15) is 106 Å². The largest absolute Gasteiger partial charge is 0.344 e. The Balaban J connectivity index is 0.000000194. The van der Waals surface area contributed by atoms with Crippen molar-refractivity contribution in [3.63, 3.8) is 0 Å². The SMILES string of the molecule is CC(C)[C@H]1OC(C)(C)O[C@@H]1C(C)C.[B]P(C1CCCCC1)C1CCCCC1. The van der Waals surface area contributed by atoms with Gasteiger partial charge < -0.3 is 9.47 Å². The van der Waals surface area contributed by atoms with E-state index in [0.717, 1.165) is 11.3 Å². The molecule has 0 aromatic rings. The predicted octanol–water partition coefficient (Wildman–Crippen LogP) is 7.04. The molecule has 1 aliphatic heterocycles. The molecule has 2 nitrogen and oxygen atoms in total. The molecule has 3 aliphatic rings. The van der Waals surface area contributed by atoms with Gasteiger partial charge >= 0.3 is 0 Å². The molecular formula is C23H44BO2P. The molecule has 1 heterocycles. The normalized spacial score (nSPS) is 30.0. The highest BCUT2D eigenvalue weighted by Crippen LogP contribution is 2.52. The standard InChI is InChI=1S/C12H22BP.C11H22O2/c13-14(11-7-3-1-4-8-11)12-9-5-2-6-10-12;1-7(2)9-10(8(3)4)13-11(5,6)12-9/h11-12H,1-10H2;7-10H,1-6H3/t;9-,10-/m.1/s1. The fraction of sp³-hybridized carbons (Fsp3) is 1.00. The molecule has 3 rings (SSSR count). The molecule has 0 aromatic carbocycles. The second-order valence-electron chi connectivity index (χ2n) is 10.1. The predicted molar refractivity (Wildman–Crippen MR) is 120 cm³/mol. The first-order valence-electron chi connectivity index (χ1n) is 11.6. The van der Waals surface area contributed by atoms with Crippen molar-refractivity contribution in [3.05, 3.63) is 0 Å². The van der Waals surface area contributed by atoms with Crippen molar-refractivity contribution in [2.45, 2.75) is 135 Å². The number of rotatable bonds is 4. The summed E-state index contributed by atoms with van der Waals surface area (Å²) in [6.07, 6.45) is 15.0. The topological polar surface area (TPSA) is 18.5 Å². The average Bonchev–Trinajstić information content (AvgIpc) is 2.99. The van der Waals surface area contributed by atoms with Crippen molar-refractivity contribution < 1.29 is 9.47 Å². The van der Waals surface area contributed by atoms with Gasteiger partial charge in [0.25, 0.3) is 0 Å². The van der Waals surface area contributed by atoms with Crippen molar-refractivity contribution in [2.75, 3.05) is 0 Å². The van der Waals surface area contributed by atoms with Crippen LogP contribution in [0.15, 0.2) is 0 Å². The van der Waals surface area contributed by atoms with Crippen molar-refractivity contribution in [3.8, 4) is 0 Å². The van der Waals surface area contributed by atoms with Crippen LogP contribution in [-0.2, 0) is 9.47 Å². The molecule has 3 fully saturated rings. The maximum Gasteiger partial charge on any atom is 0.163 e. The second-order valence-corrected chi connectivity index (χ2v) is 12.4. The van der Waals surface area contributed by atoms with E-state index in [4.69, 9.17) is 17.0 Å². The molecule has 156 valence electrons. The van der Waals surface area contributed by atoms with Crippen LogP contribution in [0.25, 0.3) is 0 Å². The smallest absolute Gasteiger partial charge is 0.163 e. The van der Waals surface area contributed by atoms with Crippen molar-refractivity contribution >= 4 is 15.4 Å². The Morgan fingerprint density at radius 1 is 0.704 bits per heavy atom. The van der Waals surface area contributed by atoms with Gasteiger partial charge in [-0.3, -0.25) is 0 Å². The summed E-state index contributed by atoms with van der Waals surface area (Å²) >= 11 is 0. The van der Waals surface area contributed by atoms with Crippen LogP contribution in [0.2, 0.25) is 0 Å². The fourth-order valence-electron chi connectivity index (χ4n) is 4.90. The summed E-state index contributed by atoms with van der Waals surface area (Å²) in [6.45, 7) is 12.7. The number of hydrogen-bond acceptors (Lipinski definition) is 2. The molecular weight excluding hydrogens is 350 g/mol. The van der Waals surface area contributed by atoms with E-state index in [0.29, 0.717) is 11.8 Å². The second kappa shape index (κ2) is 11.0. The van der Waals surface area contributed by atoms with Crippen LogP contribution in [-0.4, -0.2) is 36.9 Å². The van der Waals surface area contributed by atoms with E-state index in [9.17, 15) is 0 Å². The first-order chi connectivity index (χ1) is 12.7. The fourth-order valence-corrected chi connectivity index (χ4v) is 7.42. The molecule has 0 spiro atoms. The van der Waals surface area contributed by atoms with Gasteiger partial charge in [-0.05, 0) is 62.7 Å². The Morgan fingerprint density at radius 2 is 1.04 bits per heavy atom. The lowest BCUT2D eigenvalue weighted by Crippen LogP contribution is -2.31. The Labute approximate surface area is 172 Å². The summed E-state index contributed by atoms with van der Waals surface area (Å²) < 4.78 is 11.7. The quantitative estimate of drug-likeness (QED) is 0.376. The molecule has 2 saturated carbocycles. The number of hydrogen-bond donors (Lipinski definition) is 0. The van der Waals surface area contributed by atoms with Crippen LogP contribution >= 0.6 is 7.80 Å². The average molecular weight is 394 g/mol. The summed E-state index contributed by atoms with van der Waals surface area (Å²) in [5.74, 6) is 0.646. The van der Waals surface area contributed by atoms with Crippen LogP contribution in [0, 0.1) is 11.8 Å². The first-order valence-corrected chi connectivity index (χ1v) is 13.1. The molecule has 27 heavy (non-hydrogen) atoms. The van der Waals surface area contributed by atoms with Crippen molar-refractivity contribution in [2.24, 2.45) is 11.8 Å². The van der Waals surface area contributed by atoms with Gasteiger partial charge in [-0.1, -0.05) is 66.2 Å². The highest BCUT2D eigenvalue weighted by atomic mass is 31.1. The van der Waals surface area contributed by atoms with Crippen LogP contribution in [0.5, 0.6) is 0 Å². The van der Waals surface area contributed by atoms with E-state index in [1.54, 1.807) is 0 Å². The zero-order valence-electron chi connectivity index (χ0n) is 18.9. The zero-order valence-corrected chi connectivity index (χ0v) is 19.8. The van der Waals surface area contributed by atoms with E-state index in [1.807, 2.05) is 13.8 Å². The summed E-state index contributed by atoms with van der Waals surface area (Å²) in [7, 11) is 6.37. The Hall–Kier alpha value is 0.415. The van der Waals surface area contributed by atoms with Gasteiger partial charge in [0, 0.05) is 0 Å². The van der Waals surface area contributed by atoms with E-state index in [1.165, 1.54) is 64.2 Å². The molecule has 0 unspecified atom stereocenters. The van der Waals surface area contributed by atoms with Gasteiger partial charge in [0.15, 0.2) is 5.79 Å². The highest BCUT2D eigenvalue weighted by molar-refractivity contribution is 7.83. The lowest BCUT2D eigenvalue weighted by atomic mass is 9.94. The first kappa shape index (κ1) is 23.7. The monoisotopic (exact) mass is 394 g/mol. The molecule has 4 heteroatoms. The molecule has 2 atom stereocenters. The molecule has 2 radical (unpaired) electrons. The number of ether oxygens (including phenoxy) is 2. The summed E-state index contributed by atoms with van der Waals surface area (Å²) in [6, 6.07) is 0. The Bertz CT molecular complexity index is 379. The molecule has 0 N–H and O–H groups in total. The lowest BCUT2D eigenvalue weighted by molar-refractivity contribution is -0.152. The van der Waals surface area contributed by atoms with E-state index < -0.39 is 5.79 Å². The van der Waals surface area contributed by atoms with Gasteiger partial charge in [-0.2, -0.15) is 7.80 Å². The zero-order chi connectivity index (χ0) is 20.0. The third-order valence-electron chi connectivity index (χ3n) is 6.47. The van der Waals surface area contributed by atoms with Gasteiger partial charge in [0.2, 0.25) is 0 Å². The van der Waals surface area contributed by atoms with Gasteiger partial charge in [-0.15, -0.1) is 0 Å². The van der Waals surface area contributed by atoms with Crippen LogP contribution in [0.3, 0.4) is 0 Å². The molecule has 2 aliphatic carbocycles. The maximum atomic E-state index is 6.49. The minimum atomic E-state index is -0.399. The third kappa shape index (κ3) is 7.31. The summed E-state index contributed by atoms with van der Waals surface area (Å²) in [5, 5.41) is 0. The van der Waals surface area contributed by atoms with E-state index in [-0.39, 0.29) is 20.0 Å². The van der Waals surface area contributed by atoms with Gasteiger partial charge in [0.1, 0.15) is 7.57 Å². The summed E-state index contributed by atoms with van der Waals surface area (Å²) in [4.78, 5) is 0. The molecule has 0 bridgehead atoms. The maximum absolute atomic E-state index is 6.49. The van der Waals surface area contributed by atoms with Crippen molar-refractivity contribution in [1.82, 2.24) is 0 Å².